The van der Waals surface area contributed by atoms with E-state index in [0.717, 1.165) is 16.8 Å². The lowest BCUT2D eigenvalue weighted by molar-refractivity contribution is 0.199. The smallest absolute Gasteiger partial charge is 0.271 e. The minimum atomic E-state index is -0.0397. The Morgan fingerprint density at radius 3 is 2.71 bits per heavy atom. The molecule has 21 heavy (non-hydrogen) atoms. The largest absolute Gasteiger partial charge is 0.383 e. The highest BCUT2D eigenvalue weighted by molar-refractivity contribution is 5.58. The molecular formula is C16H21N3O2. The van der Waals surface area contributed by atoms with Gasteiger partial charge in [0, 0.05) is 37.9 Å². The van der Waals surface area contributed by atoms with E-state index in [1.54, 1.807) is 7.11 Å². The fourth-order valence-corrected chi connectivity index (χ4v) is 2.09. The van der Waals surface area contributed by atoms with Crippen molar-refractivity contribution in [2.24, 2.45) is 0 Å². The SMILES string of the molecule is CCn1nc(-c2ccccc2)cc(CNCCOC)c1=O. The van der Waals surface area contributed by atoms with E-state index in [2.05, 4.69) is 10.4 Å². The summed E-state index contributed by atoms with van der Waals surface area (Å²) in [6, 6.07) is 11.8. The van der Waals surface area contributed by atoms with Crippen LogP contribution in [0.25, 0.3) is 11.3 Å². The van der Waals surface area contributed by atoms with Crippen molar-refractivity contribution in [2.75, 3.05) is 20.3 Å². The molecule has 0 aliphatic heterocycles. The first kappa shape index (κ1) is 15.4. The molecule has 0 bridgehead atoms. The van der Waals surface area contributed by atoms with Crippen LogP contribution < -0.4 is 10.9 Å². The van der Waals surface area contributed by atoms with Gasteiger partial charge in [-0.1, -0.05) is 30.3 Å². The number of methoxy groups -OCH3 is 1. The average Bonchev–Trinajstić information content (AvgIpc) is 2.53. The van der Waals surface area contributed by atoms with Crippen LogP contribution in [0, 0.1) is 0 Å². The maximum atomic E-state index is 12.3. The van der Waals surface area contributed by atoms with Crippen LogP contribution in [0.3, 0.4) is 0 Å². The fraction of sp³-hybridized carbons (Fsp3) is 0.375. The van der Waals surface area contributed by atoms with Gasteiger partial charge in [-0.15, -0.1) is 0 Å². The first-order valence-electron chi connectivity index (χ1n) is 7.12. The number of ether oxygens (including phenoxy) is 1. The van der Waals surface area contributed by atoms with E-state index in [9.17, 15) is 4.79 Å². The van der Waals surface area contributed by atoms with E-state index < -0.39 is 0 Å². The summed E-state index contributed by atoms with van der Waals surface area (Å²) in [7, 11) is 1.66. The fourth-order valence-electron chi connectivity index (χ4n) is 2.09. The van der Waals surface area contributed by atoms with Crippen molar-refractivity contribution in [3.63, 3.8) is 0 Å². The molecule has 0 amide bonds. The van der Waals surface area contributed by atoms with E-state index >= 15 is 0 Å². The Labute approximate surface area is 124 Å². The summed E-state index contributed by atoms with van der Waals surface area (Å²) < 4.78 is 6.50. The minimum absolute atomic E-state index is 0.0397. The molecule has 1 heterocycles. The molecule has 0 unspecified atom stereocenters. The lowest BCUT2D eigenvalue weighted by Crippen LogP contribution is -2.30. The molecular weight excluding hydrogens is 266 g/mol. The second-order valence-electron chi connectivity index (χ2n) is 4.71. The molecule has 2 rings (SSSR count). The Morgan fingerprint density at radius 1 is 1.29 bits per heavy atom. The average molecular weight is 287 g/mol. The molecule has 1 N–H and O–H groups in total. The number of rotatable bonds is 7. The Bertz CT molecular complexity index is 623. The molecule has 0 spiro atoms. The van der Waals surface area contributed by atoms with Crippen LogP contribution in [0.5, 0.6) is 0 Å². The summed E-state index contributed by atoms with van der Waals surface area (Å²) >= 11 is 0. The summed E-state index contributed by atoms with van der Waals surface area (Å²) in [4.78, 5) is 12.3. The normalized spacial score (nSPS) is 10.8. The molecule has 5 heteroatoms. The van der Waals surface area contributed by atoms with Crippen LogP contribution in [0.15, 0.2) is 41.2 Å². The highest BCUT2D eigenvalue weighted by Gasteiger charge is 2.08. The van der Waals surface area contributed by atoms with Crippen LogP contribution in [0.1, 0.15) is 12.5 Å². The molecule has 0 fully saturated rings. The molecule has 0 aliphatic carbocycles. The van der Waals surface area contributed by atoms with Gasteiger partial charge < -0.3 is 10.1 Å². The Balaban J connectivity index is 2.29. The molecule has 2 aromatic rings. The van der Waals surface area contributed by atoms with Gasteiger partial charge in [0.1, 0.15) is 0 Å². The Kier molecular flexibility index (Phi) is 5.66. The number of aryl methyl sites for hydroxylation is 1. The second-order valence-corrected chi connectivity index (χ2v) is 4.71. The van der Waals surface area contributed by atoms with Gasteiger partial charge in [0.25, 0.3) is 5.56 Å². The monoisotopic (exact) mass is 287 g/mol. The quantitative estimate of drug-likeness (QED) is 0.787. The van der Waals surface area contributed by atoms with Crippen molar-refractivity contribution in [1.29, 1.82) is 0 Å². The van der Waals surface area contributed by atoms with Crippen molar-refractivity contribution in [3.8, 4) is 11.3 Å². The number of aromatic nitrogens is 2. The Hall–Kier alpha value is -1.98. The second kappa shape index (κ2) is 7.71. The van der Waals surface area contributed by atoms with Crippen LogP contribution in [-0.2, 0) is 17.8 Å². The van der Waals surface area contributed by atoms with Crippen molar-refractivity contribution in [3.05, 3.63) is 52.3 Å². The topological polar surface area (TPSA) is 56.1 Å². The van der Waals surface area contributed by atoms with Crippen molar-refractivity contribution in [1.82, 2.24) is 15.1 Å². The van der Waals surface area contributed by atoms with E-state index in [1.807, 2.05) is 43.3 Å². The molecule has 1 aromatic heterocycles. The third kappa shape index (κ3) is 4.00. The van der Waals surface area contributed by atoms with E-state index in [1.165, 1.54) is 4.68 Å². The molecule has 0 saturated carbocycles. The van der Waals surface area contributed by atoms with Gasteiger partial charge in [0.15, 0.2) is 0 Å². The maximum Gasteiger partial charge on any atom is 0.271 e. The maximum absolute atomic E-state index is 12.3. The third-order valence-electron chi connectivity index (χ3n) is 3.22. The summed E-state index contributed by atoms with van der Waals surface area (Å²) in [6.45, 7) is 4.34. The van der Waals surface area contributed by atoms with Crippen LogP contribution in [0.2, 0.25) is 0 Å². The minimum Gasteiger partial charge on any atom is -0.383 e. The van der Waals surface area contributed by atoms with E-state index in [0.29, 0.717) is 26.2 Å². The molecule has 0 atom stereocenters. The van der Waals surface area contributed by atoms with Crippen molar-refractivity contribution < 1.29 is 4.74 Å². The van der Waals surface area contributed by atoms with Gasteiger partial charge in [0.2, 0.25) is 0 Å². The van der Waals surface area contributed by atoms with Crippen LogP contribution in [0.4, 0.5) is 0 Å². The third-order valence-corrected chi connectivity index (χ3v) is 3.22. The molecule has 0 saturated heterocycles. The zero-order valence-electron chi connectivity index (χ0n) is 12.5. The van der Waals surface area contributed by atoms with Gasteiger partial charge >= 0.3 is 0 Å². The molecule has 5 nitrogen and oxygen atoms in total. The van der Waals surface area contributed by atoms with Gasteiger partial charge in [-0.05, 0) is 13.0 Å². The Morgan fingerprint density at radius 2 is 2.05 bits per heavy atom. The highest BCUT2D eigenvalue weighted by atomic mass is 16.5. The number of benzene rings is 1. The lowest BCUT2D eigenvalue weighted by atomic mass is 10.1. The summed E-state index contributed by atoms with van der Waals surface area (Å²) in [5.41, 5.74) is 2.52. The summed E-state index contributed by atoms with van der Waals surface area (Å²) in [5, 5.41) is 7.63. The zero-order valence-corrected chi connectivity index (χ0v) is 12.5. The van der Waals surface area contributed by atoms with Crippen LogP contribution in [-0.4, -0.2) is 30.0 Å². The first-order chi connectivity index (χ1) is 10.3. The first-order valence-corrected chi connectivity index (χ1v) is 7.12. The van der Waals surface area contributed by atoms with Crippen molar-refractivity contribution >= 4 is 0 Å². The highest BCUT2D eigenvalue weighted by Crippen LogP contribution is 2.15. The number of hydrogen-bond acceptors (Lipinski definition) is 4. The number of nitrogens with zero attached hydrogens (tertiary/aromatic N) is 2. The number of nitrogens with one attached hydrogen (secondary N) is 1. The number of hydrogen-bond donors (Lipinski definition) is 1. The van der Waals surface area contributed by atoms with Crippen molar-refractivity contribution in [2.45, 2.75) is 20.0 Å². The van der Waals surface area contributed by atoms with Gasteiger partial charge in [-0.2, -0.15) is 5.10 Å². The molecule has 0 aliphatic rings. The van der Waals surface area contributed by atoms with Crippen LogP contribution >= 0.6 is 0 Å². The van der Waals surface area contributed by atoms with E-state index in [4.69, 9.17) is 4.74 Å². The predicted octanol–water partition coefficient (Wildman–Crippen LogP) is 1.67. The van der Waals surface area contributed by atoms with E-state index in [-0.39, 0.29) is 5.56 Å². The standard InChI is InChI=1S/C16H21N3O2/c1-3-19-16(20)14(12-17-9-10-21-2)11-15(18-19)13-7-5-4-6-8-13/h4-8,11,17H,3,9-10,12H2,1-2H3. The molecule has 1 aromatic carbocycles. The lowest BCUT2D eigenvalue weighted by Gasteiger charge is -2.10. The van der Waals surface area contributed by atoms with Gasteiger partial charge in [0.05, 0.1) is 12.3 Å². The predicted molar refractivity (Wildman–Crippen MR) is 83.2 cm³/mol. The molecule has 0 radical (unpaired) electrons. The summed E-state index contributed by atoms with van der Waals surface area (Å²) in [6.07, 6.45) is 0. The molecule has 112 valence electrons. The van der Waals surface area contributed by atoms with Gasteiger partial charge in [-0.25, -0.2) is 4.68 Å². The van der Waals surface area contributed by atoms with Gasteiger partial charge in [-0.3, -0.25) is 4.79 Å². The zero-order chi connectivity index (χ0) is 15.1. The summed E-state index contributed by atoms with van der Waals surface area (Å²) in [5.74, 6) is 0.